The normalized spacial score (nSPS) is 16.4. The maximum atomic E-state index is 13.5. The molecule has 3 rings (SSSR count). The molecule has 38 heavy (non-hydrogen) atoms. The first-order chi connectivity index (χ1) is 18.1. The Morgan fingerprint density at radius 3 is 2.45 bits per heavy atom. The van der Waals surface area contributed by atoms with Crippen LogP contribution in [0.5, 0.6) is 5.75 Å². The summed E-state index contributed by atoms with van der Waals surface area (Å²) >= 11 is 0. The minimum Gasteiger partial charge on any atom is -0.491 e. The van der Waals surface area contributed by atoms with Crippen LogP contribution in [0.1, 0.15) is 28.0 Å². The number of allylic oxidation sites excluding steroid dienone is 4. The van der Waals surface area contributed by atoms with E-state index in [1.54, 1.807) is 38.3 Å². The van der Waals surface area contributed by atoms with E-state index in [1.807, 2.05) is 0 Å². The van der Waals surface area contributed by atoms with E-state index in [-0.39, 0.29) is 22.8 Å². The lowest BCUT2D eigenvalue weighted by atomic mass is 9.87. The van der Waals surface area contributed by atoms with Gasteiger partial charge in [0, 0.05) is 34.9 Å². The second-order valence-corrected chi connectivity index (χ2v) is 9.85. The lowest BCUT2D eigenvalue weighted by Crippen LogP contribution is -2.31. The number of carbonyl (C=O) groups is 2. The van der Waals surface area contributed by atoms with Crippen molar-refractivity contribution in [2.24, 2.45) is 5.92 Å². The first-order valence-corrected chi connectivity index (χ1v) is 13.1. The third kappa shape index (κ3) is 7.68. The first-order valence-electron chi connectivity index (χ1n) is 11.8. The number of ketones is 2. The summed E-state index contributed by atoms with van der Waals surface area (Å²) in [6.07, 6.45) is -2.13. The molecule has 1 aromatic carbocycles. The maximum absolute atomic E-state index is 13.5. The monoisotopic (exact) mass is 551 g/mol. The predicted octanol–water partition coefficient (Wildman–Crippen LogP) is 4.53. The second-order valence-electron chi connectivity index (χ2n) is 8.40. The average molecular weight is 552 g/mol. The number of Topliss-reactive ketones (excluding diaryl/α,β-unsaturated/α-hetero) is 2. The molecular formula is C27H28F3NO6S. The van der Waals surface area contributed by atoms with Crippen LogP contribution in [-0.4, -0.2) is 60.5 Å². The quantitative estimate of drug-likeness (QED) is 0.205. The summed E-state index contributed by atoms with van der Waals surface area (Å²) in [5.41, 5.74) is 0.0892. The van der Waals surface area contributed by atoms with Gasteiger partial charge in [0.25, 0.3) is 0 Å². The molecule has 1 aromatic heterocycles. The summed E-state index contributed by atoms with van der Waals surface area (Å²) in [5.74, 6) is -3.15. The molecular weight excluding hydrogens is 523 g/mol. The average Bonchev–Trinajstić information content (AvgIpc) is 2.91. The SMILES string of the molecule is COCCOCCOc1ccnc(CS(=O)C2=CC=C(C(F)(F)F)CC2C(=O)C(=O)c2ccccc2)c1C. The summed E-state index contributed by atoms with van der Waals surface area (Å²) < 4.78 is 69.7. The third-order valence-corrected chi connectivity index (χ3v) is 7.35. The number of aromatic nitrogens is 1. The summed E-state index contributed by atoms with van der Waals surface area (Å²) in [7, 11) is -0.364. The maximum Gasteiger partial charge on any atom is 0.412 e. The van der Waals surface area contributed by atoms with Crippen molar-refractivity contribution >= 4 is 22.4 Å². The molecule has 2 aromatic rings. The first kappa shape index (κ1) is 29.4. The van der Waals surface area contributed by atoms with Gasteiger partial charge in [-0.25, -0.2) is 0 Å². The molecule has 2 unspecified atom stereocenters. The molecule has 0 radical (unpaired) electrons. The van der Waals surface area contributed by atoms with Gasteiger partial charge in [-0.2, -0.15) is 13.2 Å². The van der Waals surface area contributed by atoms with Gasteiger partial charge in [-0.05, 0) is 25.5 Å². The highest BCUT2D eigenvalue weighted by Gasteiger charge is 2.41. The van der Waals surface area contributed by atoms with Crippen molar-refractivity contribution in [3.8, 4) is 5.75 Å². The smallest absolute Gasteiger partial charge is 0.412 e. The van der Waals surface area contributed by atoms with E-state index in [2.05, 4.69) is 4.98 Å². The van der Waals surface area contributed by atoms with Crippen molar-refractivity contribution in [3.05, 3.63) is 82.0 Å². The van der Waals surface area contributed by atoms with Crippen LogP contribution in [0, 0.1) is 12.8 Å². The van der Waals surface area contributed by atoms with Gasteiger partial charge in [0.1, 0.15) is 12.4 Å². The van der Waals surface area contributed by atoms with Crippen molar-refractivity contribution in [2.75, 3.05) is 33.5 Å². The van der Waals surface area contributed by atoms with Crippen LogP contribution in [0.2, 0.25) is 0 Å². The van der Waals surface area contributed by atoms with E-state index in [0.29, 0.717) is 36.8 Å². The lowest BCUT2D eigenvalue weighted by molar-refractivity contribution is -0.118. The number of nitrogens with zero attached hydrogens (tertiary/aromatic N) is 1. The van der Waals surface area contributed by atoms with Gasteiger partial charge < -0.3 is 14.2 Å². The number of halogens is 3. The number of ether oxygens (including phenoxy) is 3. The predicted molar refractivity (Wildman–Crippen MR) is 135 cm³/mol. The number of methoxy groups -OCH3 is 1. The second kappa shape index (κ2) is 13.6. The highest BCUT2D eigenvalue weighted by molar-refractivity contribution is 7.88. The summed E-state index contributed by atoms with van der Waals surface area (Å²) in [5, 5.41) is 0. The number of hydrogen-bond acceptors (Lipinski definition) is 7. The fourth-order valence-electron chi connectivity index (χ4n) is 3.77. The van der Waals surface area contributed by atoms with Crippen LogP contribution in [0.15, 0.2) is 65.2 Å². The largest absolute Gasteiger partial charge is 0.491 e. The van der Waals surface area contributed by atoms with Crippen LogP contribution in [0.3, 0.4) is 0 Å². The number of hydrogen-bond donors (Lipinski definition) is 0. The van der Waals surface area contributed by atoms with Crippen molar-refractivity contribution in [1.82, 2.24) is 4.98 Å². The van der Waals surface area contributed by atoms with Gasteiger partial charge >= 0.3 is 6.18 Å². The highest BCUT2D eigenvalue weighted by atomic mass is 32.2. The number of rotatable bonds is 13. The van der Waals surface area contributed by atoms with Crippen LogP contribution in [0.4, 0.5) is 13.2 Å². The number of pyridine rings is 1. The molecule has 0 fully saturated rings. The summed E-state index contributed by atoms with van der Waals surface area (Å²) in [6.45, 7) is 3.18. The molecule has 11 heteroatoms. The molecule has 204 valence electrons. The molecule has 1 aliphatic rings. The Labute approximate surface area is 221 Å². The molecule has 0 N–H and O–H groups in total. The van der Waals surface area contributed by atoms with E-state index in [4.69, 9.17) is 14.2 Å². The Hall–Kier alpha value is -3.15. The Morgan fingerprint density at radius 2 is 1.76 bits per heavy atom. The third-order valence-electron chi connectivity index (χ3n) is 5.86. The topological polar surface area (TPSA) is 91.8 Å². The minimum atomic E-state index is -4.69. The van der Waals surface area contributed by atoms with E-state index >= 15 is 0 Å². The van der Waals surface area contributed by atoms with Gasteiger partial charge in [0.05, 0.1) is 48.0 Å². The molecule has 1 aliphatic carbocycles. The van der Waals surface area contributed by atoms with E-state index in [0.717, 1.165) is 12.2 Å². The van der Waals surface area contributed by atoms with Crippen LogP contribution in [0.25, 0.3) is 0 Å². The molecule has 0 saturated carbocycles. The molecule has 0 bridgehead atoms. The Morgan fingerprint density at radius 1 is 1.05 bits per heavy atom. The van der Waals surface area contributed by atoms with Crippen LogP contribution >= 0.6 is 0 Å². The van der Waals surface area contributed by atoms with Gasteiger partial charge in [0.2, 0.25) is 11.6 Å². The molecule has 1 heterocycles. The van der Waals surface area contributed by atoms with Crippen LogP contribution < -0.4 is 4.74 Å². The fourth-order valence-corrected chi connectivity index (χ4v) is 5.20. The Kier molecular flexibility index (Phi) is 10.5. The molecule has 0 saturated heterocycles. The number of carbonyl (C=O) groups excluding carboxylic acids is 2. The zero-order valence-corrected chi connectivity index (χ0v) is 21.8. The van der Waals surface area contributed by atoms with E-state index in [1.165, 1.54) is 18.3 Å². The zero-order valence-electron chi connectivity index (χ0n) is 21.0. The lowest BCUT2D eigenvalue weighted by Gasteiger charge is -2.24. The van der Waals surface area contributed by atoms with Crippen LogP contribution in [-0.2, 0) is 30.8 Å². The number of benzene rings is 1. The fraction of sp³-hybridized carbons (Fsp3) is 0.370. The Bertz CT molecular complexity index is 1230. The highest BCUT2D eigenvalue weighted by Crippen LogP contribution is 2.38. The van der Waals surface area contributed by atoms with E-state index < -0.39 is 46.5 Å². The van der Waals surface area contributed by atoms with Crippen molar-refractivity contribution in [3.63, 3.8) is 0 Å². The molecule has 2 atom stereocenters. The van der Waals surface area contributed by atoms with Gasteiger partial charge in [0.15, 0.2) is 0 Å². The van der Waals surface area contributed by atoms with Gasteiger partial charge in [-0.1, -0.05) is 36.4 Å². The van der Waals surface area contributed by atoms with E-state index in [9.17, 15) is 27.0 Å². The van der Waals surface area contributed by atoms with Crippen molar-refractivity contribution in [2.45, 2.75) is 25.3 Å². The van der Waals surface area contributed by atoms with Crippen molar-refractivity contribution in [1.29, 1.82) is 0 Å². The van der Waals surface area contributed by atoms with Gasteiger partial charge in [-0.15, -0.1) is 0 Å². The minimum absolute atomic E-state index is 0.0497. The zero-order chi connectivity index (χ0) is 27.7. The summed E-state index contributed by atoms with van der Waals surface area (Å²) in [4.78, 5) is 30.1. The Balaban J connectivity index is 1.79. The molecule has 7 nitrogen and oxygen atoms in total. The van der Waals surface area contributed by atoms with Crippen molar-refractivity contribution < 1.29 is 41.2 Å². The molecule has 0 spiro atoms. The summed E-state index contributed by atoms with van der Waals surface area (Å²) in [6, 6.07) is 9.20. The molecule has 0 amide bonds. The standard InChI is InChI=1S/C27H28F3NO6S/c1-18-22(31-11-10-23(18)37-15-14-36-13-12-35-2)17-38(34)24-9-8-20(27(28,29)30)16-21(24)26(33)25(32)19-6-4-3-5-7-19/h3-11,21H,12-17H2,1-2H3. The number of alkyl halides is 3. The van der Waals surface area contributed by atoms with Gasteiger partial charge in [-0.3, -0.25) is 18.8 Å². The molecule has 0 aliphatic heterocycles.